The van der Waals surface area contributed by atoms with Crippen molar-refractivity contribution in [1.82, 2.24) is 0 Å². The zero-order chi connectivity index (χ0) is 15.9. The maximum atomic E-state index is 10.6. The Morgan fingerprint density at radius 1 is 1.18 bits per heavy atom. The summed E-state index contributed by atoms with van der Waals surface area (Å²) in [5.41, 5.74) is 2.63. The first-order valence-corrected chi connectivity index (χ1v) is 7.24. The Labute approximate surface area is 134 Å². The Bertz CT molecular complexity index is 655. The highest BCUT2D eigenvalue weighted by Gasteiger charge is 2.06. The lowest BCUT2D eigenvalue weighted by Crippen LogP contribution is -2.09. The predicted octanol–water partition coefficient (Wildman–Crippen LogP) is 3.44. The number of aliphatic hydroxyl groups is 1. The summed E-state index contributed by atoms with van der Waals surface area (Å²) in [4.78, 5) is 10.6. The fraction of sp³-hybridized carbons (Fsp3) is 0.235. The molecule has 0 radical (unpaired) electrons. The fourth-order valence-corrected chi connectivity index (χ4v) is 2.28. The molecule has 0 aliphatic carbocycles. The molecule has 0 unspecified atom stereocenters. The van der Waals surface area contributed by atoms with Crippen LogP contribution in [-0.2, 0) is 16.1 Å². The van der Waals surface area contributed by atoms with E-state index in [4.69, 9.17) is 21.1 Å². The van der Waals surface area contributed by atoms with Crippen molar-refractivity contribution in [3.63, 3.8) is 0 Å². The van der Waals surface area contributed by atoms with Gasteiger partial charge in [-0.25, -0.2) is 0 Å². The Morgan fingerprint density at radius 2 is 2.00 bits per heavy atom. The molecule has 0 spiro atoms. The molecule has 2 aromatic carbocycles. The van der Waals surface area contributed by atoms with E-state index in [-0.39, 0.29) is 25.8 Å². The van der Waals surface area contributed by atoms with Crippen LogP contribution >= 0.6 is 11.6 Å². The summed E-state index contributed by atoms with van der Waals surface area (Å²) < 4.78 is 10.3. The molecule has 2 aromatic rings. The Balaban J connectivity index is 2.07. The van der Waals surface area contributed by atoms with Crippen LogP contribution in [0, 0.1) is 0 Å². The second-order valence-electron chi connectivity index (χ2n) is 4.69. The third-order valence-corrected chi connectivity index (χ3v) is 3.33. The molecule has 22 heavy (non-hydrogen) atoms. The van der Waals surface area contributed by atoms with Crippen LogP contribution < -0.4 is 4.74 Å². The number of halogens is 1. The van der Waals surface area contributed by atoms with Crippen LogP contribution in [0.2, 0.25) is 5.02 Å². The highest BCUT2D eigenvalue weighted by Crippen LogP contribution is 2.31. The van der Waals surface area contributed by atoms with E-state index in [2.05, 4.69) is 0 Å². The summed E-state index contributed by atoms with van der Waals surface area (Å²) >= 11 is 6.29. The molecule has 0 saturated carbocycles. The molecule has 0 heterocycles. The van der Waals surface area contributed by atoms with Crippen LogP contribution in [0.5, 0.6) is 5.75 Å². The number of hydrogen-bond acceptors (Lipinski definition) is 4. The molecule has 0 amide bonds. The van der Waals surface area contributed by atoms with Crippen molar-refractivity contribution < 1.29 is 19.4 Å². The summed E-state index contributed by atoms with van der Waals surface area (Å²) in [5.74, 6) is 0.278. The maximum absolute atomic E-state index is 10.6. The average Bonchev–Trinajstić information content (AvgIpc) is 2.51. The lowest BCUT2D eigenvalue weighted by atomic mass is 10.0. The van der Waals surface area contributed by atoms with Crippen molar-refractivity contribution in [2.45, 2.75) is 13.5 Å². The van der Waals surface area contributed by atoms with Gasteiger partial charge in [-0.1, -0.05) is 29.8 Å². The monoisotopic (exact) mass is 320 g/mol. The van der Waals surface area contributed by atoms with Gasteiger partial charge in [0.25, 0.3) is 0 Å². The lowest BCUT2D eigenvalue weighted by Gasteiger charge is -2.10. The summed E-state index contributed by atoms with van der Waals surface area (Å²) in [7, 11) is 0. The van der Waals surface area contributed by atoms with Crippen LogP contribution in [-0.4, -0.2) is 24.3 Å². The van der Waals surface area contributed by atoms with Crippen molar-refractivity contribution in [3.8, 4) is 16.9 Å². The minimum atomic E-state index is -0.333. The minimum Gasteiger partial charge on any atom is -0.490 e. The van der Waals surface area contributed by atoms with E-state index in [1.165, 1.54) is 6.92 Å². The van der Waals surface area contributed by atoms with Gasteiger partial charge < -0.3 is 14.6 Å². The molecule has 0 saturated heterocycles. The van der Waals surface area contributed by atoms with Crippen molar-refractivity contribution in [2.75, 3.05) is 13.2 Å². The molecule has 0 bridgehead atoms. The highest BCUT2D eigenvalue weighted by atomic mass is 35.5. The van der Waals surface area contributed by atoms with Gasteiger partial charge in [0.05, 0.1) is 11.6 Å². The van der Waals surface area contributed by atoms with Gasteiger partial charge in [0.1, 0.15) is 19.0 Å². The van der Waals surface area contributed by atoms with Crippen molar-refractivity contribution in [1.29, 1.82) is 0 Å². The molecule has 0 aromatic heterocycles. The van der Waals surface area contributed by atoms with E-state index in [0.717, 1.165) is 16.7 Å². The Kier molecular flexibility index (Phi) is 5.81. The standard InChI is InChI=1S/C17H17ClO4/c1-12(20)21-7-8-22-15-5-6-16(17(18)10-15)14-4-2-3-13(9-14)11-19/h2-6,9-10,19H,7-8,11H2,1H3. The van der Waals surface area contributed by atoms with E-state index >= 15 is 0 Å². The van der Waals surface area contributed by atoms with Crippen LogP contribution in [0.3, 0.4) is 0 Å². The normalized spacial score (nSPS) is 10.3. The quantitative estimate of drug-likeness (QED) is 0.654. The van der Waals surface area contributed by atoms with Crippen molar-refractivity contribution >= 4 is 17.6 Å². The second kappa shape index (κ2) is 7.82. The lowest BCUT2D eigenvalue weighted by molar-refractivity contribution is -0.141. The van der Waals surface area contributed by atoms with Gasteiger partial charge in [-0.3, -0.25) is 4.79 Å². The Hall–Kier alpha value is -2.04. The number of rotatable bonds is 6. The highest BCUT2D eigenvalue weighted by molar-refractivity contribution is 6.33. The molecule has 4 nitrogen and oxygen atoms in total. The predicted molar refractivity (Wildman–Crippen MR) is 84.9 cm³/mol. The van der Waals surface area contributed by atoms with E-state index < -0.39 is 0 Å². The van der Waals surface area contributed by atoms with Crippen LogP contribution in [0.25, 0.3) is 11.1 Å². The first kappa shape index (κ1) is 16.3. The van der Waals surface area contributed by atoms with E-state index in [1.54, 1.807) is 12.1 Å². The van der Waals surface area contributed by atoms with Gasteiger partial charge in [0, 0.05) is 12.5 Å². The number of carbonyl (C=O) groups excluding carboxylic acids is 1. The Morgan fingerprint density at radius 3 is 2.68 bits per heavy atom. The van der Waals surface area contributed by atoms with Crippen molar-refractivity contribution in [3.05, 3.63) is 53.1 Å². The van der Waals surface area contributed by atoms with Gasteiger partial charge in [0.15, 0.2) is 0 Å². The molecular weight excluding hydrogens is 304 g/mol. The van der Waals surface area contributed by atoms with Gasteiger partial charge in [-0.2, -0.15) is 0 Å². The summed E-state index contributed by atoms with van der Waals surface area (Å²) in [6, 6.07) is 12.9. The van der Waals surface area contributed by atoms with E-state index in [9.17, 15) is 9.90 Å². The zero-order valence-electron chi connectivity index (χ0n) is 12.2. The van der Waals surface area contributed by atoms with E-state index in [0.29, 0.717) is 10.8 Å². The number of hydrogen-bond donors (Lipinski definition) is 1. The van der Waals surface area contributed by atoms with Gasteiger partial charge >= 0.3 is 5.97 Å². The largest absolute Gasteiger partial charge is 0.490 e. The van der Waals surface area contributed by atoms with Gasteiger partial charge in [-0.15, -0.1) is 0 Å². The van der Waals surface area contributed by atoms with E-state index in [1.807, 2.05) is 30.3 Å². The summed E-state index contributed by atoms with van der Waals surface area (Å²) in [6.07, 6.45) is 0. The van der Waals surface area contributed by atoms with Gasteiger partial charge in [0.2, 0.25) is 0 Å². The molecule has 0 fully saturated rings. The SMILES string of the molecule is CC(=O)OCCOc1ccc(-c2cccc(CO)c2)c(Cl)c1. The van der Waals surface area contributed by atoms with Gasteiger partial charge in [-0.05, 0) is 35.4 Å². The zero-order valence-corrected chi connectivity index (χ0v) is 13.0. The molecule has 5 heteroatoms. The smallest absolute Gasteiger partial charge is 0.302 e. The second-order valence-corrected chi connectivity index (χ2v) is 5.10. The molecule has 0 aliphatic heterocycles. The van der Waals surface area contributed by atoms with Crippen molar-refractivity contribution in [2.24, 2.45) is 0 Å². The molecule has 0 aliphatic rings. The topological polar surface area (TPSA) is 55.8 Å². The number of carbonyl (C=O) groups is 1. The first-order valence-electron chi connectivity index (χ1n) is 6.86. The number of aliphatic hydroxyl groups excluding tert-OH is 1. The average molecular weight is 321 g/mol. The third kappa shape index (κ3) is 4.48. The van der Waals surface area contributed by atoms with Crippen LogP contribution in [0.4, 0.5) is 0 Å². The molecule has 2 rings (SSSR count). The molecular formula is C17H17ClO4. The third-order valence-electron chi connectivity index (χ3n) is 3.02. The number of ether oxygens (including phenoxy) is 2. The summed E-state index contributed by atoms with van der Waals surface area (Å²) in [5, 5.41) is 9.75. The number of esters is 1. The number of benzene rings is 2. The fourth-order valence-electron chi connectivity index (χ4n) is 2.00. The molecule has 1 N–H and O–H groups in total. The summed E-state index contributed by atoms with van der Waals surface area (Å²) in [6.45, 7) is 1.82. The minimum absolute atomic E-state index is 0.0111. The maximum Gasteiger partial charge on any atom is 0.302 e. The first-order chi connectivity index (χ1) is 10.6. The molecule has 0 atom stereocenters. The molecule has 116 valence electrons. The van der Waals surface area contributed by atoms with Crippen LogP contribution in [0.15, 0.2) is 42.5 Å². The van der Waals surface area contributed by atoms with Crippen LogP contribution in [0.1, 0.15) is 12.5 Å².